The van der Waals surface area contributed by atoms with Crippen LogP contribution in [0.15, 0.2) is 30.6 Å². The molecule has 1 fully saturated rings. The topological polar surface area (TPSA) is 63.1 Å². The van der Waals surface area contributed by atoms with Crippen molar-refractivity contribution in [1.82, 2.24) is 19.7 Å². The lowest BCUT2D eigenvalue weighted by Crippen LogP contribution is -2.31. The van der Waals surface area contributed by atoms with Crippen LogP contribution in [0.5, 0.6) is 0 Å². The summed E-state index contributed by atoms with van der Waals surface area (Å²) in [5.74, 6) is 0.825. The van der Waals surface area contributed by atoms with E-state index in [1.54, 1.807) is 23.1 Å². The first-order valence-electron chi connectivity index (χ1n) is 7.13. The predicted octanol–water partition coefficient (Wildman–Crippen LogP) is 1.83. The number of nitrogens with one attached hydrogen (secondary N) is 1. The lowest BCUT2D eigenvalue weighted by molar-refractivity contribution is 0.0729. The molecule has 1 aliphatic rings. The van der Waals surface area contributed by atoms with Gasteiger partial charge in [0.25, 0.3) is 5.91 Å². The number of amides is 1. The lowest BCUT2D eigenvalue weighted by atomic mass is 10.1. The van der Waals surface area contributed by atoms with Gasteiger partial charge in [0.15, 0.2) is 0 Å². The molecule has 0 bridgehead atoms. The van der Waals surface area contributed by atoms with Crippen LogP contribution < -0.4 is 5.32 Å². The Hall–Kier alpha value is -2.37. The van der Waals surface area contributed by atoms with E-state index in [1.807, 2.05) is 31.1 Å². The Morgan fingerprint density at radius 3 is 3.00 bits per heavy atom. The lowest BCUT2D eigenvalue weighted by Gasteiger charge is -2.24. The van der Waals surface area contributed by atoms with E-state index in [0.717, 1.165) is 30.8 Å². The molecule has 1 saturated heterocycles. The van der Waals surface area contributed by atoms with Crippen LogP contribution in [0.25, 0.3) is 0 Å². The fourth-order valence-electron chi connectivity index (χ4n) is 2.82. The minimum Gasteiger partial charge on any atom is -0.373 e. The maximum atomic E-state index is 12.6. The van der Waals surface area contributed by atoms with Crippen LogP contribution in [0, 0.1) is 0 Å². The van der Waals surface area contributed by atoms with E-state index >= 15 is 0 Å². The number of carbonyl (C=O) groups excluding carboxylic acids is 1. The number of anilines is 1. The van der Waals surface area contributed by atoms with Crippen molar-refractivity contribution in [1.29, 1.82) is 0 Å². The molecule has 21 heavy (non-hydrogen) atoms. The predicted molar refractivity (Wildman–Crippen MR) is 80.0 cm³/mol. The van der Waals surface area contributed by atoms with Crippen LogP contribution in [0.4, 0.5) is 5.82 Å². The molecule has 0 aromatic carbocycles. The van der Waals surface area contributed by atoms with Crippen LogP contribution in [-0.2, 0) is 7.05 Å². The Kier molecular flexibility index (Phi) is 3.60. The zero-order valence-corrected chi connectivity index (χ0v) is 12.3. The largest absolute Gasteiger partial charge is 0.373 e. The highest BCUT2D eigenvalue weighted by molar-refractivity contribution is 5.92. The number of likely N-dealkylation sites (tertiary alicyclic amines) is 1. The van der Waals surface area contributed by atoms with Crippen LogP contribution in [0.1, 0.15) is 34.9 Å². The summed E-state index contributed by atoms with van der Waals surface area (Å²) in [5.41, 5.74) is 1.63. The molecule has 2 aromatic heterocycles. The summed E-state index contributed by atoms with van der Waals surface area (Å²) in [6, 6.07) is 5.86. The first-order chi connectivity index (χ1) is 10.2. The average Bonchev–Trinajstić information content (AvgIpc) is 3.15. The number of nitrogens with zero attached hydrogens (tertiary/aromatic N) is 4. The number of aryl methyl sites for hydroxylation is 1. The number of carbonyl (C=O) groups is 1. The quantitative estimate of drug-likeness (QED) is 0.934. The number of aromatic nitrogens is 3. The second-order valence-corrected chi connectivity index (χ2v) is 5.26. The Morgan fingerprint density at radius 2 is 2.29 bits per heavy atom. The zero-order valence-electron chi connectivity index (χ0n) is 12.3. The maximum absolute atomic E-state index is 12.6. The monoisotopic (exact) mass is 285 g/mol. The van der Waals surface area contributed by atoms with Crippen LogP contribution in [0.2, 0.25) is 0 Å². The van der Waals surface area contributed by atoms with Gasteiger partial charge in [-0.2, -0.15) is 5.10 Å². The molecule has 6 nitrogen and oxygen atoms in total. The van der Waals surface area contributed by atoms with Gasteiger partial charge in [0.05, 0.1) is 6.04 Å². The molecule has 6 heteroatoms. The number of rotatable bonds is 3. The third-order valence-corrected chi connectivity index (χ3v) is 3.87. The van der Waals surface area contributed by atoms with Crippen molar-refractivity contribution in [3.05, 3.63) is 41.9 Å². The molecule has 0 aliphatic carbocycles. The second kappa shape index (κ2) is 5.55. The van der Waals surface area contributed by atoms with Gasteiger partial charge in [0.1, 0.15) is 11.5 Å². The van der Waals surface area contributed by atoms with Gasteiger partial charge in [0, 0.05) is 33.0 Å². The normalized spacial score (nSPS) is 18.0. The Balaban J connectivity index is 1.86. The third kappa shape index (κ3) is 2.61. The Morgan fingerprint density at radius 1 is 1.43 bits per heavy atom. The van der Waals surface area contributed by atoms with E-state index in [2.05, 4.69) is 15.4 Å². The van der Waals surface area contributed by atoms with Gasteiger partial charge in [-0.25, -0.2) is 4.98 Å². The van der Waals surface area contributed by atoms with E-state index in [-0.39, 0.29) is 11.9 Å². The zero-order chi connectivity index (χ0) is 14.8. The van der Waals surface area contributed by atoms with E-state index in [1.165, 1.54) is 0 Å². The van der Waals surface area contributed by atoms with Crippen LogP contribution in [-0.4, -0.2) is 39.2 Å². The molecule has 0 saturated carbocycles. The highest BCUT2D eigenvalue weighted by Crippen LogP contribution is 2.33. The van der Waals surface area contributed by atoms with E-state index in [0.29, 0.717) is 5.69 Å². The first-order valence-corrected chi connectivity index (χ1v) is 7.13. The Bertz CT molecular complexity index is 651. The van der Waals surface area contributed by atoms with Crippen molar-refractivity contribution in [3.8, 4) is 0 Å². The highest BCUT2D eigenvalue weighted by atomic mass is 16.2. The molecule has 110 valence electrons. The summed E-state index contributed by atoms with van der Waals surface area (Å²) in [4.78, 5) is 18.8. The molecule has 0 spiro atoms. The fraction of sp³-hybridized carbons (Fsp3) is 0.400. The van der Waals surface area contributed by atoms with Crippen molar-refractivity contribution < 1.29 is 4.79 Å². The van der Waals surface area contributed by atoms with Gasteiger partial charge in [-0.3, -0.25) is 9.48 Å². The van der Waals surface area contributed by atoms with Crippen LogP contribution >= 0.6 is 0 Å². The summed E-state index contributed by atoms with van der Waals surface area (Å²) in [6.45, 7) is 0.775. The molecule has 3 rings (SSSR count). The van der Waals surface area contributed by atoms with Crippen molar-refractivity contribution in [3.63, 3.8) is 0 Å². The molecule has 0 radical (unpaired) electrons. The first kappa shape index (κ1) is 13.6. The van der Waals surface area contributed by atoms with Crippen molar-refractivity contribution in [2.75, 3.05) is 18.9 Å². The number of pyridine rings is 1. The number of hydrogen-bond donors (Lipinski definition) is 1. The molecule has 0 unspecified atom stereocenters. The summed E-state index contributed by atoms with van der Waals surface area (Å²) < 4.78 is 1.66. The van der Waals surface area contributed by atoms with Gasteiger partial charge >= 0.3 is 0 Å². The molecule has 1 aliphatic heterocycles. The van der Waals surface area contributed by atoms with Gasteiger partial charge in [-0.05, 0) is 36.6 Å². The second-order valence-electron chi connectivity index (χ2n) is 5.26. The van der Waals surface area contributed by atoms with Crippen molar-refractivity contribution in [2.24, 2.45) is 7.05 Å². The SMILES string of the molecule is CNc1cc([C@H]2CCCN2C(=O)c2ccn(C)n2)ccn1. The smallest absolute Gasteiger partial charge is 0.274 e. The average molecular weight is 285 g/mol. The van der Waals surface area contributed by atoms with Gasteiger partial charge in [0.2, 0.25) is 0 Å². The Labute approximate surface area is 123 Å². The summed E-state index contributed by atoms with van der Waals surface area (Å²) in [7, 11) is 3.66. The summed E-state index contributed by atoms with van der Waals surface area (Å²) in [5, 5.41) is 7.26. The van der Waals surface area contributed by atoms with Crippen molar-refractivity contribution in [2.45, 2.75) is 18.9 Å². The highest BCUT2D eigenvalue weighted by Gasteiger charge is 2.31. The summed E-state index contributed by atoms with van der Waals surface area (Å²) in [6.07, 6.45) is 5.57. The van der Waals surface area contributed by atoms with E-state index in [4.69, 9.17) is 0 Å². The van der Waals surface area contributed by atoms with E-state index in [9.17, 15) is 4.79 Å². The molecular formula is C15H19N5O. The van der Waals surface area contributed by atoms with Gasteiger partial charge in [-0.1, -0.05) is 0 Å². The van der Waals surface area contributed by atoms with Crippen molar-refractivity contribution >= 4 is 11.7 Å². The summed E-state index contributed by atoms with van der Waals surface area (Å²) >= 11 is 0. The van der Waals surface area contributed by atoms with Gasteiger partial charge < -0.3 is 10.2 Å². The molecule has 1 N–H and O–H groups in total. The number of hydrogen-bond acceptors (Lipinski definition) is 4. The minimum absolute atomic E-state index is 0.000852. The third-order valence-electron chi connectivity index (χ3n) is 3.87. The molecule has 3 heterocycles. The molecule has 2 aromatic rings. The van der Waals surface area contributed by atoms with E-state index < -0.39 is 0 Å². The maximum Gasteiger partial charge on any atom is 0.274 e. The molecule has 1 atom stereocenters. The fourth-order valence-corrected chi connectivity index (χ4v) is 2.82. The van der Waals surface area contributed by atoms with Gasteiger partial charge in [-0.15, -0.1) is 0 Å². The molecular weight excluding hydrogens is 266 g/mol. The van der Waals surface area contributed by atoms with Crippen LogP contribution in [0.3, 0.4) is 0 Å². The standard InChI is InChI=1S/C15H19N5O/c1-16-14-10-11(5-7-17-14)13-4-3-8-20(13)15(21)12-6-9-19(2)18-12/h5-7,9-10,13H,3-4,8H2,1-2H3,(H,16,17)/t13-/m1/s1. The molecule has 1 amide bonds. The minimum atomic E-state index is 0.000852.